The number of aryl methyl sites for hydroxylation is 1. The van der Waals surface area contributed by atoms with Crippen LogP contribution in [0.15, 0.2) is 6.07 Å². The Labute approximate surface area is 71.8 Å². The van der Waals surface area contributed by atoms with Gasteiger partial charge in [0.1, 0.15) is 0 Å². The average Bonchev–Trinajstić information content (AvgIpc) is 2.34. The minimum absolute atomic E-state index is 0.537. The highest BCUT2D eigenvalue weighted by atomic mass is 16.5. The van der Waals surface area contributed by atoms with E-state index in [9.17, 15) is 5.11 Å². The van der Waals surface area contributed by atoms with Crippen LogP contribution in [0.25, 0.3) is 0 Å². The number of nitrogens with zero attached hydrogens (tertiary/aromatic N) is 2. The topological polar surface area (TPSA) is 47.3 Å². The van der Waals surface area contributed by atoms with Gasteiger partial charge in [-0.05, 0) is 13.8 Å². The van der Waals surface area contributed by atoms with Crippen molar-refractivity contribution in [2.75, 3.05) is 6.61 Å². The minimum Gasteiger partial charge on any atom is -0.478 e. The minimum atomic E-state index is -0.537. The second kappa shape index (κ2) is 3.58. The molecular formula is C8H14N2O2. The van der Waals surface area contributed by atoms with E-state index in [0.717, 1.165) is 0 Å². The van der Waals surface area contributed by atoms with Crippen LogP contribution in [0, 0.1) is 0 Å². The first-order valence-corrected chi connectivity index (χ1v) is 4.00. The van der Waals surface area contributed by atoms with Crippen LogP contribution in [-0.2, 0) is 7.05 Å². The maximum absolute atomic E-state index is 9.20. The number of hydrogen-bond acceptors (Lipinski definition) is 3. The lowest BCUT2D eigenvalue weighted by Gasteiger charge is -1.99. The number of ether oxygens (including phenoxy) is 1. The van der Waals surface area contributed by atoms with Crippen LogP contribution in [-0.4, -0.2) is 21.5 Å². The molecule has 0 saturated heterocycles. The molecule has 0 fully saturated rings. The van der Waals surface area contributed by atoms with E-state index in [1.54, 1.807) is 24.7 Å². The summed E-state index contributed by atoms with van der Waals surface area (Å²) in [6, 6.07) is 1.74. The van der Waals surface area contributed by atoms with Gasteiger partial charge in [-0.25, -0.2) is 4.68 Å². The van der Waals surface area contributed by atoms with Gasteiger partial charge in [0.05, 0.1) is 18.4 Å². The summed E-state index contributed by atoms with van der Waals surface area (Å²) in [5.41, 5.74) is 0.640. The first-order valence-electron chi connectivity index (χ1n) is 4.00. The van der Waals surface area contributed by atoms with Crippen LogP contribution < -0.4 is 4.74 Å². The van der Waals surface area contributed by atoms with Gasteiger partial charge in [0.25, 0.3) is 0 Å². The van der Waals surface area contributed by atoms with Gasteiger partial charge < -0.3 is 9.84 Å². The Hall–Kier alpha value is -1.03. The van der Waals surface area contributed by atoms with Crippen LogP contribution in [0.3, 0.4) is 0 Å². The number of rotatable bonds is 3. The van der Waals surface area contributed by atoms with E-state index in [1.807, 2.05) is 6.92 Å². The van der Waals surface area contributed by atoms with Gasteiger partial charge in [-0.15, -0.1) is 0 Å². The van der Waals surface area contributed by atoms with E-state index in [0.29, 0.717) is 18.2 Å². The molecule has 0 aliphatic rings. The standard InChI is InChI=1S/C8H14N2O2/c1-4-12-8-5-7(6(2)11)9-10(8)3/h5-6,11H,4H2,1-3H3. The van der Waals surface area contributed by atoms with Crippen LogP contribution in [0.1, 0.15) is 25.6 Å². The van der Waals surface area contributed by atoms with Crippen molar-refractivity contribution in [3.8, 4) is 5.88 Å². The molecule has 1 aromatic rings. The third-order valence-corrected chi connectivity index (χ3v) is 1.58. The molecular weight excluding hydrogens is 156 g/mol. The molecule has 1 unspecified atom stereocenters. The summed E-state index contributed by atoms with van der Waals surface area (Å²) in [6.45, 7) is 4.20. The molecule has 12 heavy (non-hydrogen) atoms. The molecule has 0 aliphatic carbocycles. The number of aromatic nitrogens is 2. The summed E-state index contributed by atoms with van der Waals surface area (Å²) < 4.78 is 6.87. The molecule has 1 aromatic heterocycles. The van der Waals surface area contributed by atoms with Crippen molar-refractivity contribution in [1.82, 2.24) is 9.78 Å². The molecule has 0 saturated carbocycles. The summed E-state index contributed by atoms with van der Waals surface area (Å²) >= 11 is 0. The lowest BCUT2D eigenvalue weighted by Crippen LogP contribution is -1.99. The van der Waals surface area contributed by atoms with Gasteiger partial charge in [-0.2, -0.15) is 5.10 Å². The van der Waals surface area contributed by atoms with Crippen molar-refractivity contribution >= 4 is 0 Å². The largest absolute Gasteiger partial charge is 0.478 e. The highest BCUT2D eigenvalue weighted by Crippen LogP contribution is 2.17. The lowest BCUT2D eigenvalue weighted by molar-refractivity contribution is 0.193. The fourth-order valence-corrected chi connectivity index (χ4v) is 0.958. The van der Waals surface area contributed by atoms with E-state index >= 15 is 0 Å². The third-order valence-electron chi connectivity index (χ3n) is 1.58. The maximum Gasteiger partial charge on any atom is 0.211 e. The smallest absolute Gasteiger partial charge is 0.211 e. The Bertz CT molecular complexity index is 256. The van der Waals surface area contributed by atoms with Crippen molar-refractivity contribution < 1.29 is 9.84 Å². The van der Waals surface area contributed by atoms with Crippen molar-refractivity contribution in [2.45, 2.75) is 20.0 Å². The highest BCUT2D eigenvalue weighted by Gasteiger charge is 2.09. The molecule has 4 heteroatoms. The summed E-state index contributed by atoms with van der Waals surface area (Å²) in [6.07, 6.45) is -0.537. The van der Waals surface area contributed by atoms with Gasteiger partial charge in [-0.1, -0.05) is 0 Å². The molecule has 4 nitrogen and oxygen atoms in total. The lowest BCUT2D eigenvalue weighted by atomic mass is 10.3. The Morgan fingerprint density at radius 1 is 1.75 bits per heavy atom. The maximum atomic E-state index is 9.20. The SMILES string of the molecule is CCOc1cc(C(C)O)nn1C. The normalized spacial score (nSPS) is 13.0. The van der Waals surface area contributed by atoms with Crippen LogP contribution in [0.4, 0.5) is 0 Å². The molecule has 0 aliphatic heterocycles. The van der Waals surface area contributed by atoms with Gasteiger partial charge in [-0.3, -0.25) is 0 Å². The predicted molar refractivity (Wildman–Crippen MR) is 45.0 cm³/mol. The Morgan fingerprint density at radius 2 is 2.42 bits per heavy atom. The second-order valence-electron chi connectivity index (χ2n) is 2.64. The van der Waals surface area contributed by atoms with E-state index in [2.05, 4.69) is 5.10 Å². The molecule has 0 bridgehead atoms. The van der Waals surface area contributed by atoms with E-state index in [4.69, 9.17) is 4.74 Å². The van der Waals surface area contributed by atoms with Crippen LogP contribution >= 0.6 is 0 Å². The van der Waals surface area contributed by atoms with Crippen molar-refractivity contribution in [1.29, 1.82) is 0 Å². The molecule has 0 aromatic carbocycles. The zero-order valence-corrected chi connectivity index (χ0v) is 7.61. The molecule has 0 spiro atoms. The van der Waals surface area contributed by atoms with Crippen molar-refractivity contribution in [3.05, 3.63) is 11.8 Å². The highest BCUT2D eigenvalue weighted by molar-refractivity contribution is 5.17. The van der Waals surface area contributed by atoms with Gasteiger partial charge in [0.15, 0.2) is 0 Å². The predicted octanol–water partition coefficient (Wildman–Crippen LogP) is 0.872. The van der Waals surface area contributed by atoms with Crippen molar-refractivity contribution in [3.63, 3.8) is 0 Å². The van der Waals surface area contributed by atoms with E-state index < -0.39 is 6.10 Å². The van der Waals surface area contributed by atoms with E-state index in [-0.39, 0.29) is 0 Å². The fourth-order valence-electron chi connectivity index (χ4n) is 0.958. The second-order valence-corrected chi connectivity index (χ2v) is 2.64. The Balaban J connectivity index is 2.85. The number of aliphatic hydroxyl groups is 1. The molecule has 1 rings (SSSR count). The molecule has 1 atom stereocenters. The first kappa shape index (κ1) is 9.06. The van der Waals surface area contributed by atoms with Crippen molar-refractivity contribution in [2.24, 2.45) is 7.05 Å². The Kier molecular flexibility index (Phi) is 2.70. The molecule has 1 heterocycles. The molecule has 1 N–H and O–H groups in total. The number of aliphatic hydroxyl groups excluding tert-OH is 1. The average molecular weight is 170 g/mol. The van der Waals surface area contributed by atoms with Crippen LogP contribution in [0.2, 0.25) is 0 Å². The number of hydrogen-bond donors (Lipinski definition) is 1. The quantitative estimate of drug-likeness (QED) is 0.732. The summed E-state index contributed by atoms with van der Waals surface area (Å²) in [4.78, 5) is 0. The van der Waals surface area contributed by atoms with E-state index in [1.165, 1.54) is 0 Å². The molecule has 0 radical (unpaired) electrons. The van der Waals surface area contributed by atoms with Crippen LogP contribution in [0.5, 0.6) is 5.88 Å². The summed E-state index contributed by atoms with van der Waals surface area (Å²) in [7, 11) is 1.79. The Morgan fingerprint density at radius 3 is 2.83 bits per heavy atom. The fraction of sp³-hybridized carbons (Fsp3) is 0.625. The van der Waals surface area contributed by atoms with Gasteiger partial charge in [0.2, 0.25) is 5.88 Å². The monoisotopic (exact) mass is 170 g/mol. The zero-order chi connectivity index (χ0) is 9.14. The van der Waals surface area contributed by atoms with Gasteiger partial charge >= 0.3 is 0 Å². The molecule has 0 amide bonds. The van der Waals surface area contributed by atoms with Gasteiger partial charge in [0, 0.05) is 13.1 Å². The first-order chi connectivity index (χ1) is 5.65. The summed E-state index contributed by atoms with van der Waals surface area (Å²) in [5, 5.41) is 13.3. The third kappa shape index (κ3) is 1.76. The zero-order valence-electron chi connectivity index (χ0n) is 7.61. The summed E-state index contributed by atoms with van der Waals surface area (Å²) in [5.74, 6) is 0.688. The molecule has 68 valence electrons.